The maximum absolute atomic E-state index is 8.98. The van der Waals surface area contributed by atoms with E-state index in [9.17, 15) is 0 Å². The molecule has 1 N–H and O–H groups in total. The quantitative estimate of drug-likeness (QED) is 0.436. The number of hydrogen-bond acceptors (Lipinski definition) is 2. The van der Waals surface area contributed by atoms with Gasteiger partial charge in [-0.05, 0) is 25.2 Å². The highest BCUT2D eigenvalue weighted by molar-refractivity contribution is 5.97. The summed E-state index contributed by atoms with van der Waals surface area (Å²) >= 11 is 0. The first-order valence-corrected chi connectivity index (χ1v) is 4.74. The van der Waals surface area contributed by atoms with Crippen molar-refractivity contribution in [2.45, 2.75) is 40.0 Å². The Hall–Kier alpha value is -0.530. The predicted molar refractivity (Wildman–Crippen MR) is 48.5 cm³/mol. The number of oxime groups is 1. The van der Waals surface area contributed by atoms with Crippen LogP contribution in [0.5, 0.6) is 0 Å². The molecule has 0 aromatic heterocycles. The van der Waals surface area contributed by atoms with Crippen LogP contribution < -0.4 is 0 Å². The summed E-state index contributed by atoms with van der Waals surface area (Å²) in [6.45, 7) is 6.64. The zero-order valence-electron chi connectivity index (χ0n) is 8.09. The summed E-state index contributed by atoms with van der Waals surface area (Å²) in [7, 11) is 0. The van der Waals surface area contributed by atoms with E-state index in [1.807, 2.05) is 0 Å². The summed E-state index contributed by atoms with van der Waals surface area (Å²) in [5, 5.41) is 12.5. The third kappa shape index (κ3) is 0.732. The van der Waals surface area contributed by atoms with Crippen LogP contribution in [-0.4, -0.2) is 10.9 Å². The van der Waals surface area contributed by atoms with Crippen LogP contribution >= 0.6 is 0 Å². The third-order valence-electron chi connectivity index (χ3n) is 4.04. The molecule has 0 heterocycles. The first-order valence-electron chi connectivity index (χ1n) is 4.74. The van der Waals surface area contributed by atoms with Crippen molar-refractivity contribution in [2.75, 3.05) is 0 Å². The topological polar surface area (TPSA) is 32.6 Å². The van der Waals surface area contributed by atoms with Crippen molar-refractivity contribution in [1.29, 1.82) is 0 Å². The Morgan fingerprint density at radius 1 is 1.42 bits per heavy atom. The lowest BCUT2D eigenvalue weighted by atomic mass is 9.71. The molecule has 2 bridgehead atoms. The zero-order chi connectivity index (χ0) is 8.98. The molecule has 0 spiro atoms. The molecule has 2 rings (SSSR count). The highest BCUT2D eigenvalue weighted by Crippen LogP contribution is 2.60. The maximum atomic E-state index is 8.98. The molecule has 0 aromatic rings. The van der Waals surface area contributed by atoms with Crippen LogP contribution in [0.2, 0.25) is 0 Å². The van der Waals surface area contributed by atoms with Crippen molar-refractivity contribution in [3.05, 3.63) is 0 Å². The van der Waals surface area contributed by atoms with Crippen molar-refractivity contribution in [2.24, 2.45) is 21.9 Å². The lowest BCUT2D eigenvalue weighted by Gasteiger charge is -2.33. The second-order valence-corrected chi connectivity index (χ2v) is 5.17. The molecule has 2 aliphatic carbocycles. The summed E-state index contributed by atoms with van der Waals surface area (Å²) in [4.78, 5) is 0. The van der Waals surface area contributed by atoms with Gasteiger partial charge in [-0.25, -0.2) is 0 Å². The van der Waals surface area contributed by atoms with Crippen LogP contribution in [-0.2, 0) is 0 Å². The van der Waals surface area contributed by atoms with Crippen molar-refractivity contribution in [1.82, 2.24) is 0 Å². The molecule has 2 aliphatic rings. The summed E-state index contributed by atoms with van der Waals surface area (Å²) in [5.41, 5.74) is 1.39. The normalized spacial score (nSPS) is 47.2. The third-order valence-corrected chi connectivity index (χ3v) is 4.04. The van der Waals surface area contributed by atoms with Crippen molar-refractivity contribution >= 4 is 5.71 Å². The fraction of sp³-hybridized carbons (Fsp3) is 0.900. The van der Waals surface area contributed by atoms with Crippen LogP contribution in [0.4, 0.5) is 0 Å². The molecule has 2 nitrogen and oxygen atoms in total. The van der Waals surface area contributed by atoms with E-state index in [1.54, 1.807) is 0 Å². The van der Waals surface area contributed by atoms with Crippen LogP contribution in [0.3, 0.4) is 0 Å². The molecule has 68 valence electrons. The molecule has 0 aromatic carbocycles. The predicted octanol–water partition coefficient (Wildman–Crippen LogP) is 2.66. The molecule has 0 radical (unpaired) electrons. The zero-order valence-corrected chi connectivity index (χ0v) is 8.09. The standard InChI is InChI=1S/C10H17NO/c1-9(2)7-4-5-10(3,6-7)8(9)11-12/h7,12H,4-6H2,1-3H3/b11-8-/t7-,10-/m0/s1. The molecular weight excluding hydrogens is 150 g/mol. The number of rotatable bonds is 0. The van der Waals surface area contributed by atoms with Gasteiger partial charge < -0.3 is 5.21 Å². The Bertz CT molecular complexity index is 237. The van der Waals surface area contributed by atoms with E-state index in [2.05, 4.69) is 25.9 Å². The van der Waals surface area contributed by atoms with E-state index in [0.717, 1.165) is 11.6 Å². The van der Waals surface area contributed by atoms with E-state index < -0.39 is 0 Å². The fourth-order valence-electron chi connectivity index (χ4n) is 3.29. The smallest absolute Gasteiger partial charge is 0.0688 e. The number of nitrogens with zero attached hydrogens (tertiary/aromatic N) is 1. The van der Waals surface area contributed by atoms with Crippen molar-refractivity contribution < 1.29 is 5.21 Å². The highest BCUT2D eigenvalue weighted by Gasteiger charge is 2.57. The highest BCUT2D eigenvalue weighted by atomic mass is 16.4. The Morgan fingerprint density at radius 2 is 2.08 bits per heavy atom. The van der Waals surface area contributed by atoms with Crippen LogP contribution in [0.1, 0.15) is 40.0 Å². The average molecular weight is 167 g/mol. The van der Waals surface area contributed by atoms with Crippen LogP contribution in [0, 0.1) is 16.7 Å². The van der Waals surface area contributed by atoms with Crippen molar-refractivity contribution in [3.63, 3.8) is 0 Å². The molecule has 0 saturated heterocycles. The number of hydrogen-bond donors (Lipinski definition) is 1. The molecule has 2 fully saturated rings. The lowest BCUT2D eigenvalue weighted by Crippen LogP contribution is -2.35. The van der Waals surface area contributed by atoms with Gasteiger partial charge in [-0.3, -0.25) is 0 Å². The molecule has 0 unspecified atom stereocenters. The first kappa shape index (κ1) is 8.09. The average Bonchev–Trinajstić information content (AvgIpc) is 2.39. The van der Waals surface area contributed by atoms with Gasteiger partial charge in [0, 0.05) is 10.8 Å². The van der Waals surface area contributed by atoms with Gasteiger partial charge in [0.1, 0.15) is 0 Å². The molecule has 2 saturated carbocycles. The molecule has 0 aliphatic heterocycles. The monoisotopic (exact) mass is 167 g/mol. The Labute approximate surface area is 73.7 Å². The van der Waals surface area contributed by atoms with Crippen LogP contribution in [0.15, 0.2) is 5.16 Å². The van der Waals surface area contributed by atoms with Crippen LogP contribution in [0.25, 0.3) is 0 Å². The first-order chi connectivity index (χ1) is 5.50. The van der Waals surface area contributed by atoms with Crippen molar-refractivity contribution in [3.8, 4) is 0 Å². The second kappa shape index (κ2) is 2.04. The Balaban J connectivity index is 2.45. The van der Waals surface area contributed by atoms with Gasteiger partial charge in [0.05, 0.1) is 5.71 Å². The Kier molecular flexibility index (Phi) is 1.37. The largest absolute Gasteiger partial charge is 0.411 e. The van der Waals surface area contributed by atoms with Gasteiger partial charge in [-0.2, -0.15) is 0 Å². The fourth-order valence-corrected chi connectivity index (χ4v) is 3.29. The molecule has 2 heteroatoms. The number of fused-ring (bicyclic) bond motifs is 2. The summed E-state index contributed by atoms with van der Waals surface area (Å²) in [5.74, 6) is 0.744. The van der Waals surface area contributed by atoms with E-state index in [0.29, 0.717) is 0 Å². The molecule has 2 atom stereocenters. The summed E-state index contributed by atoms with van der Waals surface area (Å²) in [6, 6.07) is 0. The van der Waals surface area contributed by atoms with E-state index in [-0.39, 0.29) is 10.8 Å². The Morgan fingerprint density at radius 3 is 2.42 bits per heavy atom. The molecular formula is C10H17NO. The second-order valence-electron chi connectivity index (χ2n) is 5.17. The minimum absolute atomic E-state index is 0.141. The lowest BCUT2D eigenvalue weighted by molar-refractivity contribution is 0.279. The van der Waals surface area contributed by atoms with Gasteiger partial charge in [-0.1, -0.05) is 25.9 Å². The van der Waals surface area contributed by atoms with E-state index in [1.165, 1.54) is 19.3 Å². The SMILES string of the molecule is CC1(C)/C(=N/O)[C@@]2(C)CC[C@H]1C2. The van der Waals surface area contributed by atoms with Gasteiger partial charge in [0.2, 0.25) is 0 Å². The van der Waals surface area contributed by atoms with Gasteiger partial charge in [0.25, 0.3) is 0 Å². The maximum Gasteiger partial charge on any atom is 0.0688 e. The molecule has 0 amide bonds. The summed E-state index contributed by atoms with van der Waals surface area (Å²) in [6.07, 6.45) is 3.74. The van der Waals surface area contributed by atoms with E-state index in [4.69, 9.17) is 5.21 Å². The van der Waals surface area contributed by atoms with Gasteiger partial charge >= 0.3 is 0 Å². The van der Waals surface area contributed by atoms with Gasteiger partial charge in [-0.15, -0.1) is 0 Å². The van der Waals surface area contributed by atoms with E-state index >= 15 is 0 Å². The minimum Gasteiger partial charge on any atom is -0.411 e. The molecule has 12 heavy (non-hydrogen) atoms. The minimum atomic E-state index is 0.141. The van der Waals surface area contributed by atoms with Gasteiger partial charge in [0.15, 0.2) is 0 Å². The summed E-state index contributed by atoms with van der Waals surface area (Å²) < 4.78 is 0.